The third-order valence-electron chi connectivity index (χ3n) is 2.58. The molecule has 0 saturated carbocycles. The molecule has 7 heteroatoms. The van der Waals surface area contributed by atoms with Gasteiger partial charge in [-0.25, -0.2) is 8.42 Å². The van der Waals surface area contributed by atoms with Crippen molar-refractivity contribution < 1.29 is 13.2 Å². The smallest absolute Gasteiger partial charge is 0.265 e. The fraction of sp³-hybridized carbons (Fsp3) is 0.154. The van der Waals surface area contributed by atoms with Crippen molar-refractivity contribution in [2.75, 3.05) is 11.8 Å². The number of rotatable bonds is 4. The van der Waals surface area contributed by atoms with Gasteiger partial charge in [0.25, 0.3) is 10.0 Å². The number of nitrogens with zero attached hydrogens (tertiary/aromatic N) is 1. The Labute approximate surface area is 126 Å². The lowest BCUT2D eigenvalue weighted by Crippen LogP contribution is -2.14. The number of nitrogens with one attached hydrogen (secondary N) is 1. The van der Waals surface area contributed by atoms with Gasteiger partial charge in [-0.3, -0.25) is 9.71 Å². The summed E-state index contributed by atoms with van der Waals surface area (Å²) in [5.74, 6) is 0.278. The van der Waals surface area contributed by atoms with Crippen LogP contribution in [0, 0.1) is 6.92 Å². The van der Waals surface area contributed by atoms with Gasteiger partial charge in [-0.15, -0.1) is 0 Å². The zero-order chi connectivity index (χ0) is 14.8. The first-order valence-corrected chi connectivity index (χ1v) is 7.99. The second-order valence-electron chi connectivity index (χ2n) is 4.09. The molecule has 0 aliphatic carbocycles. The second kappa shape index (κ2) is 5.80. The average Bonchev–Trinajstić information content (AvgIpc) is 2.41. The molecule has 0 aliphatic rings. The summed E-state index contributed by atoms with van der Waals surface area (Å²) in [5, 5.41) is 0. The summed E-state index contributed by atoms with van der Waals surface area (Å²) in [6, 6.07) is 8.18. The highest BCUT2D eigenvalue weighted by atomic mass is 79.9. The number of sulfonamides is 1. The normalized spacial score (nSPS) is 11.2. The van der Waals surface area contributed by atoms with Crippen LogP contribution in [0.1, 0.15) is 5.69 Å². The zero-order valence-electron chi connectivity index (χ0n) is 10.9. The quantitative estimate of drug-likeness (QED) is 0.914. The minimum atomic E-state index is -3.74. The Bertz CT molecular complexity index is 715. The molecule has 0 unspecified atom stereocenters. The standard InChI is InChI=1S/C13H13BrN2O3S/c1-9-3-5-11(8-15-9)16-20(17,18)13-7-10(14)4-6-12(13)19-2/h3-8,16H,1-2H3. The Morgan fingerprint density at radius 2 is 2.00 bits per heavy atom. The van der Waals surface area contributed by atoms with Crippen molar-refractivity contribution in [2.24, 2.45) is 0 Å². The molecule has 0 fully saturated rings. The van der Waals surface area contributed by atoms with Crippen LogP contribution in [-0.2, 0) is 10.0 Å². The lowest BCUT2D eigenvalue weighted by Gasteiger charge is -2.11. The van der Waals surface area contributed by atoms with Gasteiger partial charge in [-0.2, -0.15) is 0 Å². The van der Waals surface area contributed by atoms with Crippen LogP contribution in [-0.4, -0.2) is 20.5 Å². The maximum absolute atomic E-state index is 12.4. The molecule has 0 saturated heterocycles. The highest BCUT2D eigenvalue weighted by Gasteiger charge is 2.20. The highest BCUT2D eigenvalue weighted by molar-refractivity contribution is 9.10. The summed E-state index contributed by atoms with van der Waals surface area (Å²) >= 11 is 3.25. The van der Waals surface area contributed by atoms with Crippen LogP contribution < -0.4 is 9.46 Å². The van der Waals surface area contributed by atoms with E-state index in [1.165, 1.54) is 19.4 Å². The molecule has 20 heavy (non-hydrogen) atoms. The first-order valence-electron chi connectivity index (χ1n) is 5.71. The number of hydrogen-bond acceptors (Lipinski definition) is 4. The summed E-state index contributed by atoms with van der Waals surface area (Å²) in [6.45, 7) is 1.83. The summed E-state index contributed by atoms with van der Waals surface area (Å²) in [4.78, 5) is 4.11. The van der Waals surface area contributed by atoms with Gasteiger partial charge in [0.2, 0.25) is 0 Å². The Morgan fingerprint density at radius 3 is 2.60 bits per heavy atom. The van der Waals surface area contributed by atoms with Gasteiger partial charge >= 0.3 is 0 Å². The molecule has 5 nitrogen and oxygen atoms in total. The third kappa shape index (κ3) is 3.29. The van der Waals surface area contributed by atoms with Crippen molar-refractivity contribution in [3.63, 3.8) is 0 Å². The Hall–Kier alpha value is -1.60. The van der Waals surface area contributed by atoms with E-state index in [4.69, 9.17) is 4.74 Å². The maximum atomic E-state index is 12.4. The van der Waals surface area contributed by atoms with E-state index in [1.807, 2.05) is 6.92 Å². The van der Waals surface area contributed by atoms with Crippen LogP contribution in [0.3, 0.4) is 0 Å². The molecule has 0 aliphatic heterocycles. The van der Waals surface area contributed by atoms with Crippen molar-refractivity contribution >= 4 is 31.6 Å². The fourth-order valence-corrected chi connectivity index (χ4v) is 3.35. The second-order valence-corrected chi connectivity index (χ2v) is 6.66. The molecule has 0 radical (unpaired) electrons. The number of hydrogen-bond donors (Lipinski definition) is 1. The van der Waals surface area contributed by atoms with Gasteiger partial charge in [-0.1, -0.05) is 15.9 Å². The Kier molecular flexibility index (Phi) is 4.29. The van der Waals surface area contributed by atoms with Crippen molar-refractivity contribution in [3.05, 3.63) is 46.7 Å². The number of methoxy groups -OCH3 is 1. The van der Waals surface area contributed by atoms with Crippen molar-refractivity contribution in [3.8, 4) is 5.75 Å². The number of pyridine rings is 1. The van der Waals surface area contributed by atoms with Gasteiger partial charge in [0.1, 0.15) is 10.6 Å². The number of aryl methyl sites for hydroxylation is 1. The lowest BCUT2D eigenvalue weighted by molar-refractivity contribution is 0.403. The molecule has 2 aromatic rings. The number of anilines is 1. The van der Waals surface area contributed by atoms with E-state index in [-0.39, 0.29) is 10.6 Å². The summed E-state index contributed by atoms with van der Waals surface area (Å²) in [6.07, 6.45) is 1.47. The van der Waals surface area contributed by atoms with Crippen LogP contribution in [0.5, 0.6) is 5.75 Å². The summed E-state index contributed by atoms with van der Waals surface area (Å²) < 4.78 is 33.0. The van der Waals surface area contributed by atoms with Crippen LogP contribution in [0.25, 0.3) is 0 Å². The average molecular weight is 357 g/mol. The molecule has 2 rings (SSSR count). The van der Waals surface area contributed by atoms with E-state index in [1.54, 1.807) is 24.3 Å². The molecule has 1 heterocycles. The predicted molar refractivity (Wildman–Crippen MR) is 80.5 cm³/mol. The first kappa shape index (κ1) is 14.8. The zero-order valence-corrected chi connectivity index (χ0v) is 13.3. The van der Waals surface area contributed by atoms with Crippen molar-refractivity contribution in [2.45, 2.75) is 11.8 Å². The van der Waals surface area contributed by atoms with Gasteiger partial charge in [0, 0.05) is 10.2 Å². The number of ether oxygens (including phenoxy) is 1. The molecule has 1 aromatic carbocycles. The summed E-state index contributed by atoms with van der Waals surface area (Å²) in [7, 11) is -2.31. The molecule has 1 aromatic heterocycles. The Balaban J connectivity index is 2.40. The van der Waals surface area contributed by atoms with E-state index in [9.17, 15) is 8.42 Å². The minimum Gasteiger partial charge on any atom is -0.495 e. The van der Waals surface area contributed by atoms with Crippen LogP contribution in [0.15, 0.2) is 45.9 Å². The molecule has 1 N–H and O–H groups in total. The number of aromatic nitrogens is 1. The first-order chi connectivity index (χ1) is 9.42. The third-order valence-corrected chi connectivity index (χ3v) is 4.47. The number of halogens is 1. The van der Waals surface area contributed by atoms with Crippen molar-refractivity contribution in [1.82, 2.24) is 4.98 Å². The van der Waals surface area contributed by atoms with E-state index < -0.39 is 10.0 Å². The molecule has 0 spiro atoms. The topological polar surface area (TPSA) is 68.3 Å². The fourth-order valence-electron chi connectivity index (χ4n) is 1.60. The van der Waals surface area contributed by atoms with E-state index in [2.05, 4.69) is 25.6 Å². The lowest BCUT2D eigenvalue weighted by atomic mass is 10.3. The molecular weight excluding hydrogens is 344 g/mol. The minimum absolute atomic E-state index is 0.0648. The molecule has 0 amide bonds. The molecule has 0 bridgehead atoms. The largest absolute Gasteiger partial charge is 0.495 e. The SMILES string of the molecule is COc1ccc(Br)cc1S(=O)(=O)Nc1ccc(C)nc1. The van der Waals surface area contributed by atoms with E-state index >= 15 is 0 Å². The molecule has 106 valence electrons. The monoisotopic (exact) mass is 356 g/mol. The molecule has 0 atom stereocenters. The van der Waals surface area contributed by atoms with Crippen LogP contribution in [0.2, 0.25) is 0 Å². The van der Waals surface area contributed by atoms with E-state index in [0.29, 0.717) is 10.2 Å². The van der Waals surface area contributed by atoms with Gasteiger partial charge in [0.05, 0.1) is 19.0 Å². The van der Waals surface area contributed by atoms with Crippen LogP contribution >= 0.6 is 15.9 Å². The van der Waals surface area contributed by atoms with Crippen molar-refractivity contribution in [1.29, 1.82) is 0 Å². The maximum Gasteiger partial charge on any atom is 0.265 e. The van der Waals surface area contributed by atoms with Crippen LogP contribution in [0.4, 0.5) is 5.69 Å². The van der Waals surface area contributed by atoms with Gasteiger partial charge < -0.3 is 4.74 Å². The molecular formula is C13H13BrN2O3S. The predicted octanol–water partition coefficient (Wildman–Crippen LogP) is 2.96. The summed E-state index contributed by atoms with van der Waals surface area (Å²) in [5.41, 5.74) is 1.21. The van der Waals surface area contributed by atoms with E-state index in [0.717, 1.165) is 5.69 Å². The van der Waals surface area contributed by atoms with Gasteiger partial charge in [-0.05, 0) is 37.3 Å². The van der Waals surface area contributed by atoms with Gasteiger partial charge in [0.15, 0.2) is 0 Å². The highest BCUT2D eigenvalue weighted by Crippen LogP contribution is 2.28. The number of benzene rings is 1. The Morgan fingerprint density at radius 1 is 1.25 bits per heavy atom.